The van der Waals surface area contributed by atoms with Crippen LogP contribution in [0.4, 0.5) is 5.69 Å². The van der Waals surface area contributed by atoms with Crippen LogP contribution in [0.25, 0.3) is 10.8 Å². The van der Waals surface area contributed by atoms with Gasteiger partial charge in [-0.15, -0.1) is 0 Å². The number of amides is 1. The Morgan fingerprint density at radius 2 is 1.88 bits per heavy atom. The van der Waals surface area contributed by atoms with Crippen LogP contribution in [0.3, 0.4) is 0 Å². The summed E-state index contributed by atoms with van der Waals surface area (Å²) in [6.45, 7) is -0.126. The van der Waals surface area contributed by atoms with Crippen molar-refractivity contribution in [3.05, 3.63) is 42.5 Å². The molecule has 3 nitrogen and oxygen atoms in total. The zero-order valence-corrected chi connectivity index (χ0v) is 8.81. The molecule has 16 heavy (non-hydrogen) atoms. The average Bonchev–Trinajstić information content (AvgIpc) is 2.29. The third-order valence-corrected chi connectivity index (χ3v) is 2.37. The number of fused-ring (bicyclic) bond motifs is 1. The molecular formula is C13H13NO2. The van der Waals surface area contributed by atoms with Crippen LogP contribution in [0.15, 0.2) is 42.5 Å². The quantitative estimate of drug-likeness (QED) is 0.824. The largest absolute Gasteiger partial charge is 0.396 e. The van der Waals surface area contributed by atoms with E-state index in [-0.39, 0.29) is 18.9 Å². The molecule has 0 atom stereocenters. The van der Waals surface area contributed by atoms with Crippen molar-refractivity contribution in [3.63, 3.8) is 0 Å². The van der Waals surface area contributed by atoms with Gasteiger partial charge in [-0.3, -0.25) is 4.79 Å². The van der Waals surface area contributed by atoms with Crippen molar-refractivity contribution in [3.8, 4) is 0 Å². The van der Waals surface area contributed by atoms with Crippen LogP contribution in [-0.2, 0) is 4.79 Å². The first-order valence-corrected chi connectivity index (χ1v) is 5.19. The van der Waals surface area contributed by atoms with E-state index < -0.39 is 0 Å². The summed E-state index contributed by atoms with van der Waals surface area (Å²) < 4.78 is 0. The number of nitrogens with one attached hydrogen (secondary N) is 1. The Balaban J connectivity index is 2.22. The van der Waals surface area contributed by atoms with E-state index in [1.165, 1.54) is 0 Å². The second kappa shape index (κ2) is 4.77. The first-order chi connectivity index (χ1) is 7.79. The van der Waals surface area contributed by atoms with Gasteiger partial charge >= 0.3 is 0 Å². The lowest BCUT2D eigenvalue weighted by atomic mass is 10.1. The molecule has 0 spiro atoms. The molecule has 0 unspecified atom stereocenters. The van der Waals surface area contributed by atoms with E-state index in [9.17, 15) is 4.79 Å². The highest BCUT2D eigenvalue weighted by Gasteiger charge is 2.01. The molecule has 0 aliphatic rings. The number of carbonyl (C=O) groups is 1. The molecule has 0 aliphatic carbocycles. The number of aliphatic hydroxyl groups excluding tert-OH is 1. The Morgan fingerprint density at radius 1 is 1.12 bits per heavy atom. The van der Waals surface area contributed by atoms with Crippen molar-refractivity contribution in [1.82, 2.24) is 0 Å². The Kier molecular flexibility index (Phi) is 3.17. The third-order valence-electron chi connectivity index (χ3n) is 2.37. The summed E-state index contributed by atoms with van der Waals surface area (Å²) in [5.74, 6) is -0.169. The summed E-state index contributed by atoms with van der Waals surface area (Å²) in [7, 11) is 0. The second-order valence-electron chi connectivity index (χ2n) is 3.58. The Labute approximate surface area is 93.7 Å². The van der Waals surface area contributed by atoms with Crippen LogP contribution in [0.5, 0.6) is 0 Å². The van der Waals surface area contributed by atoms with E-state index in [0.717, 1.165) is 16.5 Å². The van der Waals surface area contributed by atoms with Gasteiger partial charge in [0.2, 0.25) is 5.91 Å². The molecule has 0 radical (unpaired) electrons. The number of benzene rings is 2. The first kappa shape index (κ1) is 10.6. The number of aliphatic hydroxyl groups is 1. The fourth-order valence-electron chi connectivity index (χ4n) is 1.59. The lowest BCUT2D eigenvalue weighted by Gasteiger charge is -2.05. The summed E-state index contributed by atoms with van der Waals surface area (Å²) in [6.07, 6.45) is 0.132. The molecular weight excluding hydrogens is 202 g/mol. The minimum absolute atomic E-state index is 0.126. The molecule has 0 bridgehead atoms. The molecule has 0 heterocycles. The highest BCUT2D eigenvalue weighted by atomic mass is 16.3. The number of hydrogen-bond acceptors (Lipinski definition) is 2. The van der Waals surface area contributed by atoms with Gasteiger partial charge in [-0.1, -0.05) is 30.3 Å². The molecule has 0 aliphatic heterocycles. The molecule has 0 saturated heterocycles. The summed E-state index contributed by atoms with van der Waals surface area (Å²) in [4.78, 5) is 11.3. The van der Waals surface area contributed by atoms with Crippen molar-refractivity contribution in [2.24, 2.45) is 0 Å². The summed E-state index contributed by atoms with van der Waals surface area (Å²) >= 11 is 0. The van der Waals surface area contributed by atoms with Gasteiger partial charge in [0.25, 0.3) is 0 Å². The monoisotopic (exact) mass is 215 g/mol. The molecule has 1 amide bonds. The molecule has 0 saturated carbocycles. The highest BCUT2D eigenvalue weighted by molar-refractivity contribution is 5.94. The molecule has 2 aromatic carbocycles. The topological polar surface area (TPSA) is 49.3 Å². The molecule has 0 aromatic heterocycles. The van der Waals surface area contributed by atoms with Crippen LogP contribution in [0, 0.1) is 0 Å². The van der Waals surface area contributed by atoms with Crippen LogP contribution in [0.1, 0.15) is 6.42 Å². The van der Waals surface area contributed by atoms with Crippen molar-refractivity contribution in [2.75, 3.05) is 11.9 Å². The maximum Gasteiger partial charge on any atom is 0.226 e. The lowest BCUT2D eigenvalue weighted by Crippen LogP contribution is -2.12. The van der Waals surface area contributed by atoms with E-state index in [1.807, 2.05) is 42.5 Å². The number of carbonyl (C=O) groups excluding carboxylic acids is 1. The Morgan fingerprint density at radius 3 is 2.62 bits per heavy atom. The molecule has 2 aromatic rings. The van der Waals surface area contributed by atoms with Gasteiger partial charge in [0, 0.05) is 5.69 Å². The average molecular weight is 215 g/mol. The number of rotatable bonds is 3. The van der Waals surface area contributed by atoms with Crippen molar-refractivity contribution < 1.29 is 9.90 Å². The molecule has 0 fully saturated rings. The maximum absolute atomic E-state index is 11.3. The molecule has 2 N–H and O–H groups in total. The number of hydrogen-bond donors (Lipinski definition) is 2. The molecule has 3 heteroatoms. The van der Waals surface area contributed by atoms with Crippen LogP contribution in [0.2, 0.25) is 0 Å². The van der Waals surface area contributed by atoms with E-state index in [1.54, 1.807) is 0 Å². The number of anilines is 1. The van der Waals surface area contributed by atoms with Crippen molar-refractivity contribution in [2.45, 2.75) is 6.42 Å². The first-order valence-electron chi connectivity index (χ1n) is 5.19. The molecule has 2 rings (SSSR count). The van der Waals surface area contributed by atoms with Crippen molar-refractivity contribution >= 4 is 22.4 Å². The maximum atomic E-state index is 11.3. The van der Waals surface area contributed by atoms with Crippen molar-refractivity contribution in [1.29, 1.82) is 0 Å². The third kappa shape index (κ3) is 2.38. The van der Waals surface area contributed by atoms with Gasteiger partial charge in [-0.2, -0.15) is 0 Å². The zero-order valence-electron chi connectivity index (χ0n) is 8.81. The predicted octanol–water partition coefficient (Wildman–Crippen LogP) is 2.16. The van der Waals surface area contributed by atoms with Gasteiger partial charge in [-0.25, -0.2) is 0 Å². The fourth-order valence-corrected chi connectivity index (χ4v) is 1.59. The smallest absolute Gasteiger partial charge is 0.226 e. The van der Waals surface area contributed by atoms with Gasteiger partial charge in [0.15, 0.2) is 0 Å². The normalized spacial score (nSPS) is 10.3. The Bertz CT molecular complexity index is 508. The van der Waals surface area contributed by atoms with E-state index in [0.29, 0.717) is 0 Å². The van der Waals surface area contributed by atoms with Gasteiger partial charge in [0.05, 0.1) is 13.0 Å². The summed E-state index contributed by atoms with van der Waals surface area (Å²) in [5.41, 5.74) is 0.761. The van der Waals surface area contributed by atoms with E-state index in [2.05, 4.69) is 5.32 Å². The molecule has 82 valence electrons. The predicted molar refractivity (Wildman–Crippen MR) is 64.3 cm³/mol. The standard InChI is InChI=1S/C13H13NO2/c15-8-7-13(16)14-12-6-5-10-3-1-2-4-11(10)9-12/h1-6,9,15H,7-8H2,(H,14,16). The second-order valence-corrected chi connectivity index (χ2v) is 3.58. The van der Waals surface area contributed by atoms with E-state index in [4.69, 9.17) is 5.11 Å². The lowest BCUT2D eigenvalue weighted by molar-refractivity contribution is -0.116. The van der Waals surface area contributed by atoms with E-state index >= 15 is 0 Å². The minimum Gasteiger partial charge on any atom is -0.396 e. The van der Waals surface area contributed by atoms with Crippen LogP contribution >= 0.6 is 0 Å². The van der Waals surface area contributed by atoms with Gasteiger partial charge in [-0.05, 0) is 22.9 Å². The van der Waals surface area contributed by atoms with Gasteiger partial charge < -0.3 is 10.4 Å². The SMILES string of the molecule is O=C(CCO)Nc1ccc2ccccc2c1. The summed E-state index contributed by atoms with van der Waals surface area (Å²) in [5, 5.41) is 13.6. The minimum atomic E-state index is -0.169. The van der Waals surface area contributed by atoms with Crippen LogP contribution < -0.4 is 5.32 Å². The van der Waals surface area contributed by atoms with Gasteiger partial charge in [0.1, 0.15) is 0 Å². The summed E-state index contributed by atoms with van der Waals surface area (Å²) in [6, 6.07) is 13.7. The highest BCUT2D eigenvalue weighted by Crippen LogP contribution is 2.18. The Hall–Kier alpha value is -1.87. The zero-order chi connectivity index (χ0) is 11.4. The fraction of sp³-hybridized carbons (Fsp3) is 0.154. The van der Waals surface area contributed by atoms with Crippen LogP contribution in [-0.4, -0.2) is 17.6 Å².